The molecule has 1 heterocycles. The standard InChI is InChI=1S/C14H11Cl3N2O/c1-8(9-4-5-11(15)12(16)7-9)19-14(20)10-3-2-6-18-13(10)17/h2-8H,1H3,(H,19,20). The van der Waals surface area contributed by atoms with Crippen molar-refractivity contribution in [1.82, 2.24) is 10.3 Å². The third-order valence-electron chi connectivity index (χ3n) is 2.79. The van der Waals surface area contributed by atoms with E-state index in [1.54, 1.807) is 24.3 Å². The number of nitrogens with zero attached hydrogens (tertiary/aromatic N) is 1. The van der Waals surface area contributed by atoms with E-state index in [1.165, 1.54) is 6.20 Å². The molecule has 0 aliphatic rings. The normalized spacial score (nSPS) is 12.0. The molecule has 0 saturated carbocycles. The van der Waals surface area contributed by atoms with Gasteiger partial charge in [-0.05, 0) is 36.8 Å². The fraction of sp³-hybridized carbons (Fsp3) is 0.143. The van der Waals surface area contributed by atoms with E-state index in [4.69, 9.17) is 34.8 Å². The minimum Gasteiger partial charge on any atom is -0.345 e. The zero-order valence-corrected chi connectivity index (χ0v) is 12.8. The van der Waals surface area contributed by atoms with Crippen LogP contribution in [0.4, 0.5) is 0 Å². The lowest BCUT2D eigenvalue weighted by atomic mass is 10.1. The van der Waals surface area contributed by atoms with Crippen LogP contribution < -0.4 is 5.32 Å². The summed E-state index contributed by atoms with van der Waals surface area (Å²) in [5, 5.41) is 3.93. The Hall–Kier alpha value is -1.29. The van der Waals surface area contributed by atoms with E-state index in [9.17, 15) is 4.79 Å². The lowest BCUT2D eigenvalue weighted by molar-refractivity contribution is 0.0939. The second-order valence-electron chi connectivity index (χ2n) is 4.21. The van der Waals surface area contributed by atoms with E-state index < -0.39 is 0 Å². The van der Waals surface area contributed by atoms with Gasteiger partial charge in [0.15, 0.2) is 0 Å². The maximum Gasteiger partial charge on any atom is 0.254 e. The fourth-order valence-electron chi connectivity index (χ4n) is 1.69. The average molecular weight is 330 g/mol. The highest BCUT2D eigenvalue weighted by Crippen LogP contribution is 2.25. The Morgan fingerprint density at radius 1 is 1.20 bits per heavy atom. The SMILES string of the molecule is CC(NC(=O)c1cccnc1Cl)c1ccc(Cl)c(Cl)c1. The largest absolute Gasteiger partial charge is 0.345 e. The number of hydrogen-bond donors (Lipinski definition) is 1. The van der Waals surface area contributed by atoms with Crippen LogP contribution in [-0.2, 0) is 0 Å². The molecule has 0 fully saturated rings. The van der Waals surface area contributed by atoms with Gasteiger partial charge in [0.25, 0.3) is 5.91 Å². The first kappa shape index (κ1) is 15.1. The maximum atomic E-state index is 12.1. The van der Waals surface area contributed by atoms with Crippen molar-refractivity contribution in [3.05, 3.63) is 62.9 Å². The molecule has 104 valence electrons. The number of benzene rings is 1. The minimum absolute atomic E-state index is 0.173. The van der Waals surface area contributed by atoms with Gasteiger partial charge < -0.3 is 5.32 Å². The average Bonchev–Trinajstić information content (AvgIpc) is 2.42. The number of carbonyl (C=O) groups excluding carboxylic acids is 1. The van der Waals surface area contributed by atoms with Crippen molar-refractivity contribution in [2.75, 3.05) is 0 Å². The van der Waals surface area contributed by atoms with Crippen LogP contribution in [0.25, 0.3) is 0 Å². The molecule has 0 spiro atoms. The lowest BCUT2D eigenvalue weighted by Crippen LogP contribution is -2.27. The van der Waals surface area contributed by atoms with Crippen LogP contribution >= 0.6 is 34.8 Å². The molecule has 3 nitrogen and oxygen atoms in total. The highest BCUT2D eigenvalue weighted by molar-refractivity contribution is 6.42. The Bertz CT molecular complexity index is 646. The second kappa shape index (κ2) is 6.44. The van der Waals surface area contributed by atoms with Gasteiger partial charge in [-0.3, -0.25) is 4.79 Å². The number of rotatable bonds is 3. The number of hydrogen-bond acceptors (Lipinski definition) is 2. The van der Waals surface area contributed by atoms with Gasteiger partial charge >= 0.3 is 0 Å². The molecule has 0 aliphatic heterocycles. The van der Waals surface area contributed by atoms with E-state index in [0.29, 0.717) is 15.6 Å². The van der Waals surface area contributed by atoms with E-state index >= 15 is 0 Å². The summed E-state index contributed by atoms with van der Waals surface area (Å²) < 4.78 is 0. The van der Waals surface area contributed by atoms with Crippen LogP contribution in [0.5, 0.6) is 0 Å². The van der Waals surface area contributed by atoms with Crippen LogP contribution in [0.3, 0.4) is 0 Å². The predicted octanol–water partition coefficient (Wildman–Crippen LogP) is 4.53. The number of aromatic nitrogens is 1. The van der Waals surface area contributed by atoms with Crippen molar-refractivity contribution in [2.24, 2.45) is 0 Å². The molecule has 2 aromatic rings. The van der Waals surface area contributed by atoms with Gasteiger partial charge in [-0.15, -0.1) is 0 Å². The Morgan fingerprint density at radius 3 is 2.60 bits per heavy atom. The summed E-state index contributed by atoms with van der Waals surface area (Å²) in [5.41, 5.74) is 1.19. The summed E-state index contributed by atoms with van der Waals surface area (Å²) in [4.78, 5) is 16.0. The fourth-order valence-corrected chi connectivity index (χ4v) is 2.21. The van der Waals surface area contributed by atoms with Crippen molar-refractivity contribution in [3.8, 4) is 0 Å². The van der Waals surface area contributed by atoms with E-state index in [1.807, 2.05) is 13.0 Å². The molecule has 1 aromatic carbocycles. The summed E-state index contributed by atoms with van der Waals surface area (Å²) >= 11 is 17.7. The first-order chi connectivity index (χ1) is 9.49. The summed E-state index contributed by atoms with van der Waals surface area (Å²) in [6, 6.07) is 8.27. The molecule has 1 aromatic heterocycles. The van der Waals surface area contributed by atoms with Crippen molar-refractivity contribution in [2.45, 2.75) is 13.0 Å². The Balaban J connectivity index is 2.15. The van der Waals surface area contributed by atoms with Crippen molar-refractivity contribution in [1.29, 1.82) is 0 Å². The highest BCUT2D eigenvalue weighted by Gasteiger charge is 2.15. The third kappa shape index (κ3) is 3.42. The molecule has 20 heavy (non-hydrogen) atoms. The van der Waals surface area contributed by atoms with Crippen LogP contribution in [0.2, 0.25) is 15.2 Å². The van der Waals surface area contributed by atoms with Crippen LogP contribution in [0.15, 0.2) is 36.5 Å². The van der Waals surface area contributed by atoms with E-state index in [2.05, 4.69) is 10.3 Å². The first-order valence-electron chi connectivity index (χ1n) is 5.85. The number of halogens is 3. The number of amides is 1. The number of carbonyl (C=O) groups is 1. The van der Waals surface area contributed by atoms with Gasteiger partial charge in [-0.2, -0.15) is 0 Å². The predicted molar refractivity (Wildman–Crippen MR) is 81.6 cm³/mol. The van der Waals surface area contributed by atoms with Crippen LogP contribution in [0.1, 0.15) is 28.9 Å². The van der Waals surface area contributed by atoms with Gasteiger partial charge in [0.05, 0.1) is 21.7 Å². The monoisotopic (exact) mass is 328 g/mol. The lowest BCUT2D eigenvalue weighted by Gasteiger charge is -2.15. The van der Waals surface area contributed by atoms with Gasteiger partial charge in [0, 0.05) is 6.20 Å². The van der Waals surface area contributed by atoms with Gasteiger partial charge in [-0.25, -0.2) is 4.98 Å². The first-order valence-corrected chi connectivity index (χ1v) is 6.98. The Labute approximate surface area is 131 Å². The molecule has 1 atom stereocenters. The number of pyridine rings is 1. The second-order valence-corrected chi connectivity index (χ2v) is 5.38. The quantitative estimate of drug-likeness (QED) is 0.840. The van der Waals surface area contributed by atoms with Gasteiger partial charge in [0.2, 0.25) is 0 Å². The smallest absolute Gasteiger partial charge is 0.254 e. The molecule has 2 rings (SSSR count). The van der Waals surface area contributed by atoms with Crippen molar-refractivity contribution >= 4 is 40.7 Å². The molecule has 1 N–H and O–H groups in total. The molecule has 0 aliphatic carbocycles. The molecule has 0 saturated heterocycles. The third-order valence-corrected chi connectivity index (χ3v) is 3.84. The van der Waals surface area contributed by atoms with E-state index in [0.717, 1.165) is 5.56 Å². The topological polar surface area (TPSA) is 42.0 Å². The maximum absolute atomic E-state index is 12.1. The highest BCUT2D eigenvalue weighted by atomic mass is 35.5. The molecular weight excluding hydrogens is 319 g/mol. The molecule has 1 amide bonds. The molecule has 0 bridgehead atoms. The summed E-state index contributed by atoms with van der Waals surface area (Å²) in [5.74, 6) is -0.290. The molecule has 1 unspecified atom stereocenters. The summed E-state index contributed by atoms with van der Waals surface area (Å²) in [7, 11) is 0. The molecule has 6 heteroatoms. The zero-order valence-electron chi connectivity index (χ0n) is 10.5. The van der Waals surface area contributed by atoms with Crippen molar-refractivity contribution in [3.63, 3.8) is 0 Å². The Kier molecular flexibility index (Phi) is 4.86. The van der Waals surface area contributed by atoms with Crippen LogP contribution in [-0.4, -0.2) is 10.9 Å². The van der Waals surface area contributed by atoms with Gasteiger partial charge in [0.1, 0.15) is 5.15 Å². The number of nitrogens with one attached hydrogen (secondary N) is 1. The van der Waals surface area contributed by atoms with Crippen LogP contribution in [0, 0.1) is 0 Å². The molecule has 0 radical (unpaired) electrons. The molecular formula is C14H11Cl3N2O. The van der Waals surface area contributed by atoms with Gasteiger partial charge in [-0.1, -0.05) is 40.9 Å². The Morgan fingerprint density at radius 2 is 1.95 bits per heavy atom. The van der Waals surface area contributed by atoms with E-state index in [-0.39, 0.29) is 17.1 Å². The minimum atomic E-state index is -0.290. The van der Waals surface area contributed by atoms with Crippen molar-refractivity contribution < 1.29 is 4.79 Å². The summed E-state index contributed by atoms with van der Waals surface area (Å²) in [6.07, 6.45) is 1.53. The summed E-state index contributed by atoms with van der Waals surface area (Å²) in [6.45, 7) is 1.85. The zero-order chi connectivity index (χ0) is 14.7.